The van der Waals surface area contributed by atoms with Crippen LogP contribution in [-0.2, 0) is 16.1 Å². The average molecular weight is 412 g/mol. The lowest BCUT2D eigenvalue weighted by Gasteiger charge is -2.33. The van der Waals surface area contributed by atoms with E-state index in [9.17, 15) is 9.59 Å². The molecule has 30 heavy (non-hydrogen) atoms. The Morgan fingerprint density at radius 2 is 1.97 bits per heavy atom. The van der Waals surface area contributed by atoms with Crippen molar-refractivity contribution in [1.29, 1.82) is 0 Å². The molecule has 1 unspecified atom stereocenters. The first-order valence-corrected chi connectivity index (χ1v) is 10.1. The maximum absolute atomic E-state index is 12.9. The monoisotopic (exact) mass is 412 g/mol. The van der Waals surface area contributed by atoms with Crippen molar-refractivity contribution in [3.63, 3.8) is 0 Å². The summed E-state index contributed by atoms with van der Waals surface area (Å²) in [5.41, 5.74) is 0.396. The number of hydrogen-bond donors (Lipinski definition) is 1. The Morgan fingerprint density at radius 1 is 1.20 bits per heavy atom. The molecule has 1 aliphatic heterocycles. The van der Waals surface area contributed by atoms with Crippen LogP contribution in [0.1, 0.15) is 39.2 Å². The summed E-state index contributed by atoms with van der Waals surface area (Å²) in [6, 6.07) is 7.24. The Balaban J connectivity index is 1.61. The second kappa shape index (κ2) is 9.56. The molecule has 1 atom stereocenters. The quantitative estimate of drug-likeness (QED) is 0.806. The van der Waals surface area contributed by atoms with E-state index >= 15 is 0 Å². The highest BCUT2D eigenvalue weighted by Crippen LogP contribution is 2.25. The number of amides is 2. The first-order chi connectivity index (χ1) is 14.3. The highest BCUT2D eigenvalue weighted by molar-refractivity contribution is 5.93. The Hall–Kier alpha value is -3.16. The largest absolute Gasteiger partial charge is 0.485 e. The van der Waals surface area contributed by atoms with E-state index in [0.717, 1.165) is 12.0 Å². The van der Waals surface area contributed by atoms with Crippen LogP contribution in [0.3, 0.4) is 0 Å². The molecule has 1 aliphatic rings. The fraction of sp³-hybridized carbons (Fsp3) is 0.455. The number of ether oxygens (including phenoxy) is 2. The Bertz CT molecular complexity index is 867. The lowest BCUT2D eigenvalue weighted by Crippen LogP contribution is -2.45. The lowest BCUT2D eigenvalue weighted by atomic mass is 9.97. The van der Waals surface area contributed by atoms with Crippen molar-refractivity contribution in [3.05, 3.63) is 48.4 Å². The summed E-state index contributed by atoms with van der Waals surface area (Å²) in [5.74, 6) is 0.338. The predicted molar refractivity (Wildman–Crippen MR) is 112 cm³/mol. The van der Waals surface area contributed by atoms with Crippen molar-refractivity contribution < 1.29 is 19.1 Å². The molecule has 2 aromatic rings. The summed E-state index contributed by atoms with van der Waals surface area (Å²) < 4.78 is 11.3. The summed E-state index contributed by atoms with van der Waals surface area (Å²) in [6.45, 7) is 6.73. The Morgan fingerprint density at radius 3 is 2.70 bits per heavy atom. The number of carbonyl (C=O) groups is 2. The average Bonchev–Trinajstić information content (AvgIpc) is 2.73. The molecule has 0 aromatic carbocycles. The van der Waals surface area contributed by atoms with Gasteiger partial charge in [-0.3, -0.25) is 9.78 Å². The fourth-order valence-electron chi connectivity index (χ4n) is 3.14. The smallest absolute Gasteiger partial charge is 0.410 e. The molecule has 3 heterocycles. The first kappa shape index (κ1) is 21.5. The molecule has 160 valence electrons. The van der Waals surface area contributed by atoms with Gasteiger partial charge in [0.05, 0.1) is 5.92 Å². The number of carbonyl (C=O) groups excluding carboxylic acids is 2. The number of aromatic nitrogens is 2. The maximum atomic E-state index is 12.9. The number of anilines is 1. The molecule has 2 aromatic heterocycles. The first-order valence-electron chi connectivity index (χ1n) is 10.1. The van der Waals surface area contributed by atoms with Gasteiger partial charge in [0, 0.05) is 31.7 Å². The number of rotatable bonds is 5. The van der Waals surface area contributed by atoms with Crippen molar-refractivity contribution in [2.24, 2.45) is 5.92 Å². The van der Waals surface area contributed by atoms with Crippen LogP contribution in [0.25, 0.3) is 0 Å². The third-order valence-electron chi connectivity index (χ3n) is 4.60. The SMILES string of the molecule is CC(C)(C)OC(=O)N1CCCC(C(=O)Nc2ncccc2OCc2ccncc2)C1. The molecule has 0 saturated carbocycles. The van der Waals surface area contributed by atoms with E-state index in [1.54, 1.807) is 35.6 Å². The van der Waals surface area contributed by atoms with Gasteiger partial charge in [0.15, 0.2) is 11.6 Å². The molecule has 1 saturated heterocycles. The lowest BCUT2D eigenvalue weighted by molar-refractivity contribution is -0.121. The summed E-state index contributed by atoms with van der Waals surface area (Å²) in [4.78, 5) is 35.0. The zero-order valence-corrected chi connectivity index (χ0v) is 17.6. The second-order valence-corrected chi connectivity index (χ2v) is 8.25. The van der Waals surface area contributed by atoms with Gasteiger partial charge in [-0.1, -0.05) is 0 Å². The Labute approximate surface area is 176 Å². The number of hydrogen-bond acceptors (Lipinski definition) is 6. The number of nitrogens with zero attached hydrogens (tertiary/aromatic N) is 3. The van der Waals surface area contributed by atoms with Crippen LogP contribution < -0.4 is 10.1 Å². The standard InChI is InChI=1S/C22H28N4O4/c1-22(2,3)30-21(28)26-13-5-6-17(14-26)20(27)25-19-18(7-4-10-24-19)29-15-16-8-11-23-12-9-16/h4,7-12,17H,5-6,13-15H2,1-3H3,(H,24,25,27). The fourth-order valence-corrected chi connectivity index (χ4v) is 3.14. The third kappa shape index (κ3) is 6.17. The molecule has 0 bridgehead atoms. The van der Waals surface area contributed by atoms with E-state index in [-0.39, 0.29) is 17.9 Å². The van der Waals surface area contributed by atoms with E-state index in [2.05, 4.69) is 15.3 Å². The van der Waals surface area contributed by atoms with Crippen LogP contribution >= 0.6 is 0 Å². The molecule has 0 radical (unpaired) electrons. The van der Waals surface area contributed by atoms with E-state index in [1.807, 2.05) is 32.9 Å². The van der Waals surface area contributed by atoms with Crippen LogP contribution in [0.5, 0.6) is 5.75 Å². The maximum Gasteiger partial charge on any atom is 0.410 e. The van der Waals surface area contributed by atoms with E-state index in [1.165, 1.54) is 0 Å². The highest BCUT2D eigenvalue weighted by Gasteiger charge is 2.31. The zero-order chi connectivity index (χ0) is 21.6. The van der Waals surface area contributed by atoms with Crippen LogP contribution in [0.2, 0.25) is 0 Å². The molecule has 1 N–H and O–H groups in total. The summed E-state index contributed by atoms with van der Waals surface area (Å²) >= 11 is 0. The molecule has 8 heteroatoms. The number of nitrogens with one attached hydrogen (secondary N) is 1. The summed E-state index contributed by atoms with van der Waals surface area (Å²) in [6.07, 6.45) is 6.05. The highest BCUT2D eigenvalue weighted by atomic mass is 16.6. The zero-order valence-electron chi connectivity index (χ0n) is 17.6. The van der Waals surface area contributed by atoms with Gasteiger partial charge >= 0.3 is 6.09 Å². The normalized spacial score (nSPS) is 16.6. The second-order valence-electron chi connectivity index (χ2n) is 8.25. The minimum atomic E-state index is -0.568. The van der Waals surface area contributed by atoms with Gasteiger partial charge in [-0.05, 0) is 63.4 Å². The molecule has 2 amide bonds. The molecular weight excluding hydrogens is 384 g/mol. The molecule has 8 nitrogen and oxygen atoms in total. The summed E-state index contributed by atoms with van der Waals surface area (Å²) in [7, 11) is 0. The summed E-state index contributed by atoms with van der Waals surface area (Å²) in [5, 5.41) is 2.86. The van der Waals surface area contributed by atoms with Crippen molar-refractivity contribution in [1.82, 2.24) is 14.9 Å². The number of likely N-dealkylation sites (tertiary alicyclic amines) is 1. The Kier molecular flexibility index (Phi) is 6.87. The third-order valence-corrected chi connectivity index (χ3v) is 4.60. The van der Waals surface area contributed by atoms with Gasteiger partial charge in [-0.2, -0.15) is 0 Å². The van der Waals surface area contributed by atoms with Gasteiger partial charge in [-0.25, -0.2) is 9.78 Å². The number of pyridine rings is 2. The van der Waals surface area contributed by atoms with Crippen LogP contribution in [0.4, 0.5) is 10.6 Å². The van der Waals surface area contributed by atoms with Crippen LogP contribution in [0, 0.1) is 5.92 Å². The minimum Gasteiger partial charge on any atom is -0.485 e. The van der Waals surface area contributed by atoms with Crippen molar-refractivity contribution in [3.8, 4) is 5.75 Å². The van der Waals surface area contributed by atoms with Gasteiger partial charge in [0.1, 0.15) is 12.2 Å². The van der Waals surface area contributed by atoms with Gasteiger partial charge in [0.2, 0.25) is 5.91 Å². The van der Waals surface area contributed by atoms with Crippen LogP contribution in [-0.4, -0.2) is 45.6 Å². The van der Waals surface area contributed by atoms with Crippen molar-refractivity contribution >= 4 is 17.8 Å². The van der Waals surface area contributed by atoms with Gasteiger partial charge in [0.25, 0.3) is 0 Å². The van der Waals surface area contributed by atoms with Crippen molar-refractivity contribution in [2.75, 3.05) is 18.4 Å². The van der Waals surface area contributed by atoms with E-state index in [4.69, 9.17) is 9.47 Å². The predicted octanol–water partition coefficient (Wildman–Crippen LogP) is 3.64. The van der Waals surface area contributed by atoms with Crippen molar-refractivity contribution in [2.45, 2.75) is 45.8 Å². The number of piperidine rings is 1. The molecule has 0 spiro atoms. The molecule has 0 aliphatic carbocycles. The minimum absolute atomic E-state index is 0.185. The molecule has 1 fully saturated rings. The van der Waals surface area contributed by atoms with Crippen LogP contribution in [0.15, 0.2) is 42.9 Å². The van der Waals surface area contributed by atoms with E-state index in [0.29, 0.717) is 37.7 Å². The molecular formula is C22H28N4O4. The van der Waals surface area contributed by atoms with E-state index < -0.39 is 5.60 Å². The topological polar surface area (TPSA) is 93.7 Å². The molecule has 3 rings (SSSR count). The van der Waals surface area contributed by atoms with Gasteiger partial charge in [-0.15, -0.1) is 0 Å². The van der Waals surface area contributed by atoms with Gasteiger partial charge < -0.3 is 19.7 Å².